The molecule has 1 amide bonds. The lowest BCUT2D eigenvalue weighted by Crippen LogP contribution is -2.51. The first kappa shape index (κ1) is 13.8. The van der Waals surface area contributed by atoms with Gasteiger partial charge in [0.2, 0.25) is 5.91 Å². The van der Waals surface area contributed by atoms with Gasteiger partial charge in [0, 0.05) is 6.04 Å². The van der Waals surface area contributed by atoms with Gasteiger partial charge in [-0.15, -0.1) is 0 Å². The van der Waals surface area contributed by atoms with Crippen molar-refractivity contribution in [2.45, 2.75) is 70.3 Å². The summed E-state index contributed by atoms with van der Waals surface area (Å²) < 4.78 is 0. The third kappa shape index (κ3) is 2.85. The van der Waals surface area contributed by atoms with E-state index in [-0.39, 0.29) is 5.91 Å². The average Bonchev–Trinajstić information content (AvgIpc) is 2.70. The molecule has 0 spiro atoms. The van der Waals surface area contributed by atoms with E-state index in [1.54, 1.807) is 0 Å². The lowest BCUT2D eigenvalue weighted by molar-refractivity contribution is -0.128. The van der Waals surface area contributed by atoms with Crippen molar-refractivity contribution in [2.75, 3.05) is 0 Å². The van der Waals surface area contributed by atoms with Crippen LogP contribution in [0.2, 0.25) is 0 Å². The van der Waals surface area contributed by atoms with Crippen molar-refractivity contribution in [3.8, 4) is 0 Å². The van der Waals surface area contributed by atoms with Crippen LogP contribution in [0.4, 0.5) is 0 Å². The Hall–Kier alpha value is -0.640. The molecule has 2 rings (SSSR count). The van der Waals surface area contributed by atoms with Crippen molar-refractivity contribution in [3.63, 3.8) is 0 Å². The normalized spacial score (nSPS) is 24.4. The Kier molecular flexibility index (Phi) is 4.60. The van der Waals surface area contributed by atoms with E-state index in [1.165, 1.54) is 25.7 Å². The molecule has 3 nitrogen and oxygen atoms in total. The molecule has 0 unspecified atom stereocenters. The minimum atomic E-state index is -0.561. The first-order valence-electron chi connectivity index (χ1n) is 7.26. The number of nitrogens with two attached hydrogens (primary N) is 1. The highest BCUT2D eigenvalue weighted by Gasteiger charge is 2.42. The largest absolute Gasteiger partial charge is 0.392 e. The summed E-state index contributed by atoms with van der Waals surface area (Å²) in [4.78, 5) is 13.0. The Balaban J connectivity index is 2.07. The number of hydrogen-bond acceptors (Lipinski definition) is 2. The second kappa shape index (κ2) is 6.00. The predicted octanol–water partition coefficient (Wildman–Crippen LogP) is 2.67. The van der Waals surface area contributed by atoms with Crippen LogP contribution < -0.4 is 11.1 Å². The number of hydrogen-bond donors (Lipinski definition) is 2. The van der Waals surface area contributed by atoms with Gasteiger partial charge in [-0.1, -0.05) is 50.7 Å². The molecule has 0 bridgehead atoms. The minimum Gasteiger partial charge on any atom is -0.392 e. The Labute approximate surface area is 115 Å². The molecule has 3 N–H and O–H groups in total. The Bertz CT molecular complexity index is 316. The van der Waals surface area contributed by atoms with Gasteiger partial charge in [-0.2, -0.15) is 0 Å². The summed E-state index contributed by atoms with van der Waals surface area (Å²) in [6.45, 7) is 0. The molecule has 0 aromatic heterocycles. The van der Waals surface area contributed by atoms with Gasteiger partial charge in [-0.05, 0) is 25.7 Å². The maximum absolute atomic E-state index is 12.6. The Morgan fingerprint density at radius 1 is 1.06 bits per heavy atom. The summed E-state index contributed by atoms with van der Waals surface area (Å²) in [6.07, 6.45) is 10.9. The summed E-state index contributed by atoms with van der Waals surface area (Å²) in [7, 11) is 0. The van der Waals surface area contributed by atoms with Crippen LogP contribution in [0.25, 0.3) is 0 Å². The zero-order chi connectivity index (χ0) is 13.0. The van der Waals surface area contributed by atoms with Gasteiger partial charge in [0.05, 0.1) is 10.4 Å². The number of carbonyl (C=O) groups is 1. The summed E-state index contributed by atoms with van der Waals surface area (Å²) in [6, 6.07) is 0.354. The van der Waals surface area contributed by atoms with Crippen LogP contribution in [0, 0.1) is 5.41 Å². The van der Waals surface area contributed by atoms with Crippen molar-refractivity contribution in [3.05, 3.63) is 0 Å². The number of nitrogens with one attached hydrogen (secondary N) is 1. The van der Waals surface area contributed by atoms with Crippen LogP contribution in [0.3, 0.4) is 0 Å². The molecule has 2 aliphatic carbocycles. The van der Waals surface area contributed by atoms with Gasteiger partial charge in [0.25, 0.3) is 0 Å². The van der Waals surface area contributed by atoms with E-state index in [4.69, 9.17) is 18.0 Å². The van der Waals surface area contributed by atoms with Crippen LogP contribution in [-0.2, 0) is 4.79 Å². The topological polar surface area (TPSA) is 55.1 Å². The van der Waals surface area contributed by atoms with E-state index < -0.39 is 5.41 Å². The molecule has 0 aromatic carbocycles. The van der Waals surface area contributed by atoms with Gasteiger partial charge in [0.1, 0.15) is 0 Å². The summed E-state index contributed by atoms with van der Waals surface area (Å²) in [5.41, 5.74) is 5.36. The lowest BCUT2D eigenvalue weighted by Gasteiger charge is -2.31. The molecule has 102 valence electrons. The summed E-state index contributed by atoms with van der Waals surface area (Å²) in [5, 5.41) is 3.19. The van der Waals surface area contributed by atoms with Gasteiger partial charge < -0.3 is 11.1 Å². The number of amides is 1. The molecule has 0 atom stereocenters. The molecule has 0 aliphatic heterocycles. The van der Waals surface area contributed by atoms with Crippen LogP contribution in [0.1, 0.15) is 64.2 Å². The molecular formula is C14H24N2OS. The number of rotatable bonds is 3. The Morgan fingerprint density at radius 3 is 2.11 bits per heavy atom. The zero-order valence-electron chi connectivity index (χ0n) is 11.0. The third-order valence-electron chi connectivity index (χ3n) is 4.55. The standard InChI is InChI=1S/C14H24N2OS/c15-12(18)14(9-5-1-2-6-10-14)13(17)16-11-7-3-4-8-11/h11H,1-10H2,(H2,15,18)(H,16,17). The van der Waals surface area contributed by atoms with Gasteiger partial charge in [-0.25, -0.2) is 0 Å². The maximum atomic E-state index is 12.6. The highest BCUT2D eigenvalue weighted by Crippen LogP contribution is 2.36. The van der Waals surface area contributed by atoms with E-state index in [2.05, 4.69) is 5.32 Å². The fourth-order valence-corrected chi connectivity index (χ4v) is 3.61. The highest BCUT2D eigenvalue weighted by molar-refractivity contribution is 7.80. The molecule has 2 aliphatic rings. The van der Waals surface area contributed by atoms with Crippen molar-refractivity contribution < 1.29 is 4.79 Å². The number of carbonyl (C=O) groups excluding carboxylic acids is 1. The SMILES string of the molecule is NC(=S)C1(C(=O)NC2CCCC2)CCCCCC1. The quantitative estimate of drug-likeness (QED) is 0.611. The monoisotopic (exact) mass is 268 g/mol. The average molecular weight is 268 g/mol. The smallest absolute Gasteiger partial charge is 0.233 e. The lowest BCUT2D eigenvalue weighted by atomic mass is 9.79. The van der Waals surface area contributed by atoms with Crippen LogP contribution >= 0.6 is 12.2 Å². The summed E-state index contributed by atoms with van der Waals surface area (Å²) >= 11 is 5.22. The second-order valence-electron chi connectivity index (χ2n) is 5.82. The highest BCUT2D eigenvalue weighted by atomic mass is 32.1. The van der Waals surface area contributed by atoms with E-state index in [1.807, 2.05) is 0 Å². The minimum absolute atomic E-state index is 0.101. The summed E-state index contributed by atoms with van der Waals surface area (Å²) in [5.74, 6) is 0.101. The fraction of sp³-hybridized carbons (Fsp3) is 0.857. The van der Waals surface area contributed by atoms with Gasteiger partial charge in [0.15, 0.2) is 0 Å². The van der Waals surface area contributed by atoms with Crippen LogP contribution in [0.15, 0.2) is 0 Å². The van der Waals surface area contributed by atoms with Crippen molar-refractivity contribution >= 4 is 23.1 Å². The first-order chi connectivity index (χ1) is 8.65. The van der Waals surface area contributed by atoms with Crippen molar-refractivity contribution in [1.29, 1.82) is 0 Å². The second-order valence-corrected chi connectivity index (χ2v) is 6.26. The molecule has 18 heavy (non-hydrogen) atoms. The van der Waals surface area contributed by atoms with E-state index in [0.29, 0.717) is 11.0 Å². The molecule has 0 aromatic rings. The van der Waals surface area contributed by atoms with Crippen LogP contribution in [0.5, 0.6) is 0 Å². The molecule has 0 heterocycles. The molecule has 0 saturated heterocycles. The van der Waals surface area contributed by atoms with Crippen molar-refractivity contribution in [1.82, 2.24) is 5.32 Å². The van der Waals surface area contributed by atoms with Crippen molar-refractivity contribution in [2.24, 2.45) is 11.1 Å². The van der Waals surface area contributed by atoms with E-state index >= 15 is 0 Å². The van der Waals surface area contributed by atoms with Crippen LogP contribution in [-0.4, -0.2) is 16.9 Å². The molecular weight excluding hydrogens is 244 g/mol. The first-order valence-corrected chi connectivity index (χ1v) is 7.67. The maximum Gasteiger partial charge on any atom is 0.233 e. The van der Waals surface area contributed by atoms with E-state index in [9.17, 15) is 4.79 Å². The van der Waals surface area contributed by atoms with E-state index in [0.717, 1.165) is 38.5 Å². The number of thiocarbonyl (C=S) groups is 1. The molecule has 4 heteroatoms. The molecule has 0 radical (unpaired) electrons. The predicted molar refractivity (Wildman–Crippen MR) is 77.3 cm³/mol. The van der Waals surface area contributed by atoms with Gasteiger partial charge >= 0.3 is 0 Å². The third-order valence-corrected chi connectivity index (χ3v) is 4.94. The molecule has 2 fully saturated rings. The fourth-order valence-electron chi connectivity index (χ4n) is 3.31. The molecule has 2 saturated carbocycles. The Morgan fingerprint density at radius 2 is 1.61 bits per heavy atom. The zero-order valence-corrected chi connectivity index (χ0v) is 11.9. The van der Waals surface area contributed by atoms with Gasteiger partial charge in [-0.3, -0.25) is 4.79 Å².